The Morgan fingerprint density at radius 2 is 2.14 bits per heavy atom. The normalized spacial score (nSPS) is 10.9. The standard InChI is InChI=1S/C15H10BrClFN3O/c16-13-5-10(18)2-3-12(13)15(22)19-6-11-8-21-7-9(17)1-4-14(21)20-11/h1-5,7-8H,6H2,(H,19,22). The molecule has 112 valence electrons. The first-order valence-corrected chi connectivity index (χ1v) is 7.56. The third kappa shape index (κ3) is 3.13. The van der Waals surface area contributed by atoms with E-state index in [0.29, 0.717) is 20.8 Å². The second-order valence-corrected chi connectivity index (χ2v) is 5.94. The molecule has 2 aromatic heterocycles. The van der Waals surface area contributed by atoms with Crippen molar-refractivity contribution >= 4 is 39.1 Å². The molecule has 0 saturated carbocycles. The summed E-state index contributed by atoms with van der Waals surface area (Å²) in [6.07, 6.45) is 3.53. The fraction of sp³-hybridized carbons (Fsp3) is 0.0667. The third-order valence-corrected chi connectivity index (χ3v) is 3.95. The number of fused-ring (bicyclic) bond motifs is 1. The highest BCUT2D eigenvalue weighted by Gasteiger charge is 2.11. The van der Waals surface area contributed by atoms with Crippen molar-refractivity contribution in [2.24, 2.45) is 0 Å². The Labute approximate surface area is 139 Å². The van der Waals surface area contributed by atoms with E-state index in [1.54, 1.807) is 28.9 Å². The Balaban J connectivity index is 1.74. The molecule has 0 spiro atoms. The predicted molar refractivity (Wildman–Crippen MR) is 85.5 cm³/mol. The number of carbonyl (C=O) groups is 1. The summed E-state index contributed by atoms with van der Waals surface area (Å²) in [6.45, 7) is 0.266. The maximum atomic E-state index is 13.0. The van der Waals surface area contributed by atoms with Crippen molar-refractivity contribution in [3.8, 4) is 0 Å². The van der Waals surface area contributed by atoms with Gasteiger partial charge in [-0.15, -0.1) is 0 Å². The number of pyridine rings is 1. The van der Waals surface area contributed by atoms with Gasteiger partial charge in [0.1, 0.15) is 11.5 Å². The van der Waals surface area contributed by atoms with Gasteiger partial charge in [0.15, 0.2) is 0 Å². The summed E-state index contributed by atoms with van der Waals surface area (Å²) < 4.78 is 15.2. The Bertz CT molecular complexity index is 865. The molecule has 0 bridgehead atoms. The van der Waals surface area contributed by atoms with Crippen molar-refractivity contribution in [2.45, 2.75) is 6.54 Å². The third-order valence-electron chi connectivity index (χ3n) is 3.07. The largest absolute Gasteiger partial charge is 0.346 e. The lowest BCUT2D eigenvalue weighted by molar-refractivity contribution is 0.0949. The Kier molecular flexibility index (Phi) is 4.13. The number of imidazole rings is 1. The molecule has 0 radical (unpaired) electrons. The van der Waals surface area contributed by atoms with Crippen LogP contribution in [-0.4, -0.2) is 15.3 Å². The predicted octanol–water partition coefficient (Wildman–Crippen LogP) is 3.82. The molecular weight excluding hydrogens is 373 g/mol. The molecule has 4 nitrogen and oxygen atoms in total. The van der Waals surface area contributed by atoms with Gasteiger partial charge in [0, 0.05) is 16.9 Å². The van der Waals surface area contributed by atoms with Crippen molar-refractivity contribution in [2.75, 3.05) is 0 Å². The van der Waals surface area contributed by atoms with Gasteiger partial charge in [-0.3, -0.25) is 4.79 Å². The maximum Gasteiger partial charge on any atom is 0.252 e. The molecule has 3 rings (SSSR count). The summed E-state index contributed by atoms with van der Waals surface area (Å²) in [6, 6.07) is 7.47. The van der Waals surface area contributed by atoms with E-state index < -0.39 is 5.82 Å². The molecule has 0 saturated heterocycles. The van der Waals surface area contributed by atoms with Crippen molar-refractivity contribution in [3.63, 3.8) is 0 Å². The lowest BCUT2D eigenvalue weighted by Crippen LogP contribution is -2.23. The number of hydrogen-bond acceptors (Lipinski definition) is 2. The minimum Gasteiger partial charge on any atom is -0.346 e. The van der Waals surface area contributed by atoms with Crippen LogP contribution in [0.5, 0.6) is 0 Å². The van der Waals surface area contributed by atoms with Crippen molar-refractivity contribution < 1.29 is 9.18 Å². The summed E-state index contributed by atoms with van der Waals surface area (Å²) in [5, 5.41) is 3.36. The molecule has 0 aliphatic carbocycles. The Hall–Kier alpha value is -1.92. The molecule has 22 heavy (non-hydrogen) atoms. The zero-order valence-corrected chi connectivity index (χ0v) is 13.5. The molecule has 3 aromatic rings. The van der Waals surface area contributed by atoms with Crippen molar-refractivity contribution in [3.05, 3.63) is 69.3 Å². The Morgan fingerprint density at radius 1 is 1.32 bits per heavy atom. The molecule has 7 heteroatoms. The first-order chi connectivity index (χ1) is 10.5. The summed E-state index contributed by atoms with van der Waals surface area (Å²) in [7, 11) is 0. The number of benzene rings is 1. The summed E-state index contributed by atoms with van der Waals surface area (Å²) >= 11 is 9.09. The first kappa shape index (κ1) is 15.0. The van der Waals surface area contributed by atoms with Crippen LogP contribution in [0.1, 0.15) is 16.1 Å². The molecule has 0 unspecified atom stereocenters. The highest BCUT2D eigenvalue weighted by molar-refractivity contribution is 9.10. The van der Waals surface area contributed by atoms with Crippen LogP contribution in [0.2, 0.25) is 5.02 Å². The molecule has 1 amide bonds. The van der Waals surface area contributed by atoms with Crippen molar-refractivity contribution in [1.29, 1.82) is 0 Å². The quantitative estimate of drug-likeness (QED) is 0.748. The van der Waals surface area contributed by atoms with Gasteiger partial charge in [0.25, 0.3) is 5.91 Å². The van der Waals surface area contributed by atoms with Gasteiger partial charge in [-0.25, -0.2) is 9.37 Å². The van der Waals surface area contributed by atoms with Gasteiger partial charge >= 0.3 is 0 Å². The zero-order chi connectivity index (χ0) is 15.7. The van der Waals surface area contributed by atoms with Gasteiger partial charge in [0.2, 0.25) is 0 Å². The number of nitrogens with zero attached hydrogens (tertiary/aromatic N) is 2. The summed E-state index contributed by atoms with van der Waals surface area (Å²) in [4.78, 5) is 16.5. The molecular formula is C15H10BrClFN3O. The summed E-state index contributed by atoms with van der Waals surface area (Å²) in [5.74, 6) is -0.706. The first-order valence-electron chi connectivity index (χ1n) is 6.39. The topological polar surface area (TPSA) is 46.4 Å². The number of carbonyl (C=O) groups excluding carboxylic acids is 1. The molecule has 0 atom stereocenters. The number of amides is 1. The number of nitrogens with one attached hydrogen (secondary N) is 1. The van der Waals surface area contributed by atoms with E-state index in [-0.39, 0.29) is 12.5 Å². The lowest BCUT2D eigenvalue weighted by Gasteiger charge is -2.05. The number of rotatable bonds is 3. The molecule has 1 N–H and O–H groups in total. The van der Waals surface area contributed by atoms with E-state index >= 15 is 0 Å². The SMILES string of the molecule is O=C(NCc1cn2cc(Cl)ccc2n1)c1ccc(F)cc1Br. The Morgan fingerprint density at radius 3 is 2.91 bits per heavy atom. The molecule has 1 aromatic carbocycles. The van der Waals surface area contributed by atoms with E-state index in [1.165, 1.54) is 18.2 Å². The second kappa shape index (κ2) is 6.06. The van der Waals surface area contributed by atoms with Gasteiger partial charge < -0.3 is 9.72 Å². The average molecular weight is 383 g/mol. The zero-order valence-electron chi connectivity index (χ0n) is 11.2. The minimum absolute atomic E-state index is 0.266. The number of hydrogen-bond donors (Lipinski definition) is 1. The highest BCUT2D eigenvalue weighted by atomic mass is 79.9. The van der Waals surface area contributed by atoms with Crippen molar-refractivity contribution in [1.82, 2.24) is 14.7 Å². The van der Waals surface area contributed by atoms with Gasteiger partial charge in [-0.2, -0.15) is 0 Å². The monoisotopic (exact) mass is 381 g/mol. The molecule has 0 aliphatic heterocycles. The number of aromatic nitrogens is 2. The van der Waals surface area contributed by atoms with Crippen LogP contribution in [-0.2, 0) is 6.54 Å². The van der Waals surface area contributed by atoms with Crippen LogP contribution in [0.3, 0.4) is 0 Å². The van der Waals surface area contributed by atoms with Crippen LogP contribution >= 0.6 is 27.5 Å². The van der Waals surface area contributed by atoms with Crippen LogP contribution in [0.15, 0.2) is 47.2 Å². The number of halogens is 3. The second-order valence-electron chi connectivity index (χ2n) is 4.65. The van der Waals surface area contributed by atoms with E-state index in [0.717, 1.165) is 5.65 Å². The van der Waals surface area contributed by atoms with Crippen LogP contribution in [0.4, 0.5) is 4.39 Å². The lowest BCUT2D eigenvalue weighted by atomic mass is 10.2. The van der Waals surface area contributed by atoms with Crippen LogP contribution in [0, 0.1) is 5.82 Å². The average Bonchev–Trinajstić information content (AvgIpc) is 2.86. The smallest absolute Gasteiger partial charge is 0.252 e. The van der Waals surface area contributed by atoms with Crippen LogP contribution < -0.4 is 5.32 Å². The fourth-order valence-electron chi connectivity index (χ4n) is 2.04. The van der Waals surface area contributed by atoms with E-state index in [4.69, 9.17) is 11.6 Å². The van der Waals surface area contributed by atoms with E-state index in [9.17, 15) is 9.18 Å². The summed E-state index contributed by atoms with van der Waals surface area (Å²) in [5.41, 5.74) is 1.82. The van der Waals surface area contributed by atoms with Crippen LogP contribution in [0.25, 0.3) is 5.65 Å². The molecule has 0 aliphatic rings. The molecule has 2 heterocycles. The van der Waals surface area contributed by atoms with Gasteiger partial charge in [0.05, 0.1) is 22.8 Å². The van der Waals surface area contributed by atoms with Gasteiger partial charge in [-0.05, 0) is 46.3 Å². The minimum atomic E-state index is -0.402. The highest BCUT2D eigenvalue weighted by Crippen LogP contribution is 2.18. The van der Waals surface area contributed by atoms with Gasteiger partial charge in [-0.1, -0.05) is 11.6 Å². The molecule has 0 fully saturated rings. The fourth-order valence-corrected chi connectivity index (χ4v) is 2.74. The van der Waals surface area contributed by atoms with E-state index in [2.05, 4.69) is 26.2 Å². The van der Waals surface area contributed by atoms with E-state index in [1.807, 2.05) is 0 Å². The maximum absolute atomic E-state index is 13.0.